The molecule has 0 spiro atoms. The van der Waals surface area contributed by atoms with Crippen LogP contribution < -0.4 is 5.32 Å². The number of carboxylic acid groups (broad SMARTS) is 1. The van der Waals surface area contributed by atoms with Gasteiger partial charge in [0.1, 0.15) is 0 Å². The normalized spacial score (nSPS) is 13.3. The first-order valence-corrected chi connectivity index (χ1v) is 7.55. The van der Waals surface area contributed by atoms with E-state index in [0.717, 1.165) is 12.0 Å². The van der Waals surface area contributed by atoms with Crippen LogP contribution in [0.1, 0.15) is 60.5 Å². The molecule has 2 atom stereocenters. The van der Waals surface area contributed by atoms with Crippen LogP contribution >= 0.6 is 0 Å². The lowest BCUT2D eigenvalue weighted by atomic mass is 10.0. The molecule has 6 nitrogen and oxygen atoms in total. The minimum Gasteiger partial charge on any atom is -0.481 e. The molecule has 2 N–H and O–H groups in total. The Bertz CT molecular complexity index is 666. The number of rotatable bonds is 7. The molecule has 6 heteroatoms. The lowest BCUT2D eigenvalue weighted by Gasteiger charge is -2.16. The Morgan fingerprint density at radius 3 is 2.61 bits per heavy atom. The van der Waals surface area contributed by atoms with Crippen LogP contribution in [-0.4, -0.2) is 22.1 Å². The molecule has 0 aliphatic heterocycles. The summed E-state index contributed by atoms with van der Waals surface area (Å²) in [6.07, 6.45) is 0.682. The van der Waals surface area contributed by atoms with Gasteiger partial charge >= 0.3 is 5.97 Å². The number of amides is 1. The van der Waals surface area contributed by atoms with Gasteiger partial charge in [-0.2, -0.15) is 0 Å². The van der Waals surface area contributed by atoms with Crippen molar-refractivity contribution in [1.29, 1.82) is 0 Å². The second-order valence-electron chi connectivity index (χ2n) is 5.46. The first-order valence-electron chi connectivity index (χ1n) is 7.55. The molecular weight excluding hydrogens is 296 g/mol. The SMILES string of the molecule is CC[C@@H](C)c1cc(C(=O)N[C@@H](CC(=O)O)c2ccccc2)on1. The third-order valence-electron chi connectivity index (χ3n) is 3.76. The fourth-order valence-corrected chi connectivity index (χ4v) is 2.18. The van der Waals surface area contributed by atoms with E-state index in [1.54, 1.807) is 30.3 Å². The highest BCUT2D eigenvalue weighted by molar-refractivity contribution is 5.92. The molecule has 1 aromatic heterocycles. The van der Waals surface area contributed by atoms with Crippen LogP contribution in [0.5, 0.6) is 0 Å². The number of aromatic nitrogens is 1. The number of carbonyl (C=O) groups excluding carboxylic acids is 1. The maximum absolute atomic E-state index is 12.3. The van der Waals surface area contributed by atoms with Crippen LogP contribution in [0.25, 0.3) is 0 Å². The first-order chi connectivity index (χ1) is 11.0. The van der Waals surface area contributed by atoms with Gasteiger partial charge in [0.2, 0.25) is 5.76 Å². The van der Waals surface area contributed by atoms with Crippen LogP contribution in [0.2, 0.25) is 0 Å². The second kappa shape index (κ2) is 7.58. The molecule has 122 valence electrons. The van der Waals surface area contributed by atoms with Gasteiger partial charge in [-0.1, -0.05) is 49.3 Å². The summed E-state index contributed by atoms with van der Waals surface area (Å²) in [6.45, 7) is 4.02. The van der Waals surface area contributed by atoms with Crippen LogP contribution in [0, 0.1) is 0 Å². The molecule has 0 unspecified atom stereocenters. The summed E-state index contributed by atoms with van der Waals surface area (Å²) in [5.74, 6) is -1.17. The van der Waals surface area contributed by atoms with Gasteiger partial charge in [0.15, 0.2) is 0 Å². The fourth-order valence-electron chi connectivity index (χ4n) is 2.18. The van der Waals surface area contributed by atoms with Gasteiger partial charge in [-0.15, -0.1) is 0 Å². The van der Waals surface area contributed by atoms with E-state index in [1.165, 1.54) is 0 Å². The predicted octanol–water partition coefficient (Wildman–Crippen LogP) is 3.13. The molecular formula is C17H20N2O4. The number of hydrogen-bond donors (Lipinski definition) is 2. The highest BCUT2D eigenvalue weighted by Crippen LogP contribution is 2.20. The summed E-state index contributed by atoms with van der Waals surface area (Å²) in [6, 6.07) is 9.96. The largest absolute Gasteiger partial charge is 0.481 e. The highest BCUT2D eigenvalue weighted by Gasteiger charge is 2.22. The zero-order valence-electron chi connectivity index (χ0n) is 13.2. The van der Waals surface area contributed by atoms with E-state index in [2.05, 4.69) is 10.5 Å². The van der Waals surface area contributed by atoms with Gasteiger partial charge in [-0.05, 0) is 12.0 Å². The zero-order chi connectivity index (χ0) is 16.8. The maximum Gasteiger partial charge on any atom is 0.305 e. The lowest BCUT2D eigenvalue weighted by Crippen LogP contribution is -2.29. The minimum absolute atomic E-state index is 0.0895. The molecule has 1 amide bonds. The quantitative estimate of drug-likeness (QED) is 0.818. The first kappa shape index (κ1) is 16.7. The van der Waals surface area contributed by atoms with Crippen molar-refractivity contribution < 1.29 is 19.2 Å². The van der Waals surface area contributed by atoms with E-state index < -0.39 is 17.9 Å². The highest BCUT2D eigenvalue weighted by atomic mass is 16.5. The summed E-state index contributed by atoms with van der Waals surface area (Å²) in [4.78, 5) is 23.3. The van der Waals surface area contributed by atoms with E-state index >= 15 is 0 Å². The van der Waals surface area contributed by atoms with Gasteiger partial charge in [0.25, 0.3) is 5.91 Å². The van der Waals surface area contributed by atoms with Gasteiger partial charge < -0.3 is 14.9 Å². The topological polar surface area (TPSA) is 92.4 Å². The van der Waals surface area contributed by atoms with E-state index in [1.807, 2.05) is 19.9 Å². The Morgan fingerprint density at radius 2 is 2.00 bits per heavy atom. The molecule has 2 aromatic rings. The minimum atomic E-state index is -0.989. The van der Waals surface area contributed by atoms with Crippen LogP contribution in [0.3, 0.4) is 0 Å². The van der Waals surface area contributed by atoms with Gasteiger partial charge in [-0.25, -0.2) is 0 Å². The standard InChI is InChI=1S/C17H20N2O4/c1-3-11(2)13-9-15(23-19-13)17(22)18-14(10-16(20)21)12-7-5-4-6-8-12/h4-9,11,14H,3,10H2,1-2H3,(H,18,22)(H,20,21)/t11-,14+/m1/s1. The molecule has 1 heterocycles. The smallest absolute Gasteiger partial charge is 0.305 e. The Hall–Kier alpha value is -2.63. The second-order valence-corrected chi connectivity index (χ2v) is 5.46. The number of nitrogens with zero attached hydrogens (tertiary/aromatic N) is 1. The van der Waals surface area contributed by atoms with Crippen molar-refractivity contribution in [2.24, 2.45) is 0 Å². The van der Waals surface area contributed by atoms with Crippen molar-refractivity contribution in [1.82, 2.24) is 10.5 Å². The van der Waals surface area contributed by atoms with Crippen molar-refractivity contribution in [3.63, 3.8) is 0 Å². The summed E-state index contributed by atoms with van der Waals surface area (Å²) in [5.41, 5.74) is 1.44. The van der Waals surface area contributed by atoms with Crippen LogP contribution in [0.4, 0.5) is 0 Å². The van der Waals surface area contributed by atoms with Gasteiger partial charge in [0.05, 0.1) is 18.2 Å². The molecule has 0 aliphatic carbocycles. The Morgan fingerprint density at radius 1 is 1.30 bits per heavy atom. The maximum atomic E-state index is 12.3. The molecule has 0 saturated carbocycles. The summed E-state index contributed by atoms with van der Waals surface area (Å²) in [7, 11) is 0. The summed E-state index contributed by atoms with van der Waals surface area (Å²) < 4.78 is 5.08. The Balaban J connectivity index is 2.14. The molecule has 0 aliphatic rings. The number of carbonyl (C=O) groups is 2. The van der Waals surface area contributed by atoms with E-state index in [-0.39, 0.29) is 18.1 Å². The summed E-state index contributed by atoms with van der Waals surface area (Å²) >= 11 is 0. The predicted molar refractivity (Wildman–Crippen MR) is 84.1 cm³/mol. The number of benzene rings is 1. The third-order valence-corrected chi connectivity index (χ3v) is 3.76. The monoisotopic (exact) mass is 316 g/mol. The van der Waals surface area contributed by atoms with Gasteiger partial charge in [-0.3, -0.25) is 9.59 Å². The lowest BCUT2D eigenvalue weighted by molar-refractivity contribution is -0.137. The molecule has 0 bridgehead atoms. The average molecular weight is 316 g/mol. The molecule has 23 heavy (non-hydrogen) atoms. The zero-order valence-corrected chi connectivity index (χ0v) is 13.2. The van der Waals surface area contributed by atoms with Crippen molar-refractivity contribution >= 4 is 11.9 Å². The molecule has 2 rings (SSSR count). The van der Waals surface area contributed by atoms with Crippen LogP contribution in [-0.2, 0) is 4.79 Å². The average Bonchev–Trinajstić information content (AvgIpc) is 3.04. The third kappa shape index (κ3) is 4.42. The summed E-state index contributed by atoms with van der Waals surface area (Å²) in [5, 5.41) is 15.6. The molecule has 0 fully saturated rings. The number of carboxylic acids is 1. The Kier molecular flexibility index (Phi) is 5.51. The Labute approximate surface area is 134 Å². The fraction of sp³-hybridized carbons (Fsp3) is 0.353. The van der Waals surface area contributed by atoms with Crippen molar-refractivity contribution in [3.8, 4) is 0 Å². The number of aliphatic carboxylic acids is 1. The molecule has 0 saturated heterocycles. The molecule has 0 radical (unpaired) electrons. The molecule has 1 aromatic carbocycles. The number of nitrogens with one attached hydrogen (secondary N) is 1. The van der Waals surface area contributed by atoms with Crippen LogP contribution in [0.15, 0.2) is 40.9 Å². The number of hydrogen-bond acceptors (Lipinski definition) is 4. The van der Waals surface area contributed by atoms with E-state index in [0.29, 0.717) is 5.69 Å². The van der Waals surface area contributed by atoms with Crippen molar-refractivity contribution in [2.75, 3.05) is 0 Å². The van der Waals surface area contributed by atoms with Crippen molar-refractivity contribution in [2.45, 2.75) is 38.6 Å². The van der Waals surface area contributed by atoms with E-state index in [9.17, 15) is 9.59 Å². The van der Waals surface area contributed by atoms with Gasteiger partial charge in [0, 0.05) is 12.0 Å². The van der Waals surface area contributed by atoms with Crippen molar-refractivity contribution in [3.05, 3.63) is 53.4 Å². The van der Waals surface area contributed by atoms with E-state index in [4.69, 9.17) is 9.63 Å².